The Morgan fingerprint density at radius 1 is 1.11 bits per heavy atom. The number of carbonyl (C=O) groups is 1. The van der Waals surface area contributed by atoms with Crippen molar-refractivity contribution in [2.24, 2.45) is 0 Å². The van der Waals surface area contributed by atoms with Gasteiger partial charge in [0.2, 0.25) is 5.75 Å². The molecule has 180 valence electrons. The van der Waals surface area contributed by atoms with Gasteiger partial charge in [0, 0.05) is 10.7 Å². The highest BCUT2D eigenvalue weighted by Gasteiger charge is 2.23. The zero-order chi connectivity index (χ0) is 25.6. The number of amides is 1. The fourth-order valence-electron chi connectivity index (χ4n) is 2.82. The highest BCUT2D eigenvalue weighted by atomic mass is 35.5. The van der Waals surface area contributed by atoms with Gasteiger partial charge >= 0.3 is 10.1 Å². The lowest BCUT2D eigenvalue weighted by Crippen LogP contribution is -2.13. The van der Waals surface area contributed by atoms with Crippen molar-refractivity contribution in [3.63, 3.8) is 0 Å². The van der Waals surface area contributed by atoms with E-state index < -0.39 is 21.8 Å². The number of anilines is 1. The molecule has 0 unspecified atom stereocenters. The minimum atomic E-state index is -4.27. The van der Waals surface area contributed by atoms with Crippen LogP contribution in [0.25, 0.3) is 6.08 Å². The predicted octanol–water partition coefficient (Wildman–Crippen LogP) is 5.84. The van der Waals surface area contributed by atoms with Crippen LogP contribution in [0.2, 0.25) is 10.0 Å². The van der Waals surface area contributed by atoms with Crippen LogP contribution >= 0.6 is 23.2 Å². The monoisotopic (exact) mass is 534 g/mol. The molecule has 3 rings (SSSR count). The maximum absolute atomic E-state index is 13.1. The molecule has 1 N–H and O–H groups in total. The van der Waals surface area contributed by atoms with Gasteiger partial charge in [-0.3, -0.25) is 4.79 Å². The van der Waals surface area contributed by atoms with Gasteiger partial charge < -0.3 is 14.2 Å². The molecule has 7 nitrogen and oxygen atoms in total. The van der Waals surface area contributed by atoms with Gasteiger partial charge in [0.25, 0.3) is 5.91 Å². The van der Waals surface area contributed by atoms with E-state index in [2.05, 4.69) is 5.32 Å². The summed E-state index contributed by atoms with van der Waals surface area (Å²) in [4.78, 5) is 12.3. The van der Waals surface area contributed by atoms with E-state index in [4.69, 9.17) is 32.1 Å². The average molecular weight is 535 g/mol. The van der Waals surface area contributed by atoms with Crippen molar-refractivity contribution in [3.05, 3.63) is 87.7 Å². The molecule has 0 aliphatic heterocycles. The van der Waals surface area contributed by atoms with E-state index in [0.29, 0.717) is 10.7 Å². The average Bonchev–Trinajstić information content (AvgIpc) is 2.81. The number of nitriles is 1. The van der Waals surface area contributed by atoms with Crippen LogP contribution in [-0.2, 0) is 14.9 Å². The van der Waals surface area contributed by atoms with Crippen LogP contribution in [0.15, 0.2) is 71.1 Å². The highest BCUT2D eigenvalue weighted by Crippen LogP contribution is 2.39. The lowest BCUT2D eigenvalue weighted by molar-refractivity contribution is -0.112. The van der Waals surface area contributed by atoms with Gasteiger partial charge in [-0.2, -0.15) is 13.7 Å². The number of hydrogen-bond donors (Lipinski definition) is 1. The summed E-state index contributed by atoms with van der Waals surface area (Å²) >= 11 is 12.1. The summed E-state index contributed by atoms with van der Waals surface area (Å²) in [6, 6.07) is 14.9. The van der Waals surface area contributed by atoms with E-state index in [9.17, 15) is 22.9 Å². The van der Waals surface area contributed by atoms with Gasteiger partial charge in [-0.1, -0.05) is 23.2 Å². The summed E-state index contributed by atoms with van der Waals surface area (Å²) in [5.74, 6) is -1.48. The van der Waals surface area contributed by atoms with Crippen LogP contribution in [-0.4, -0.2) is 20.9 Å². The molecule has 0 saturated heterocycles. The number of nitrogens with one attached hydrogen (secondary N) is 1. The third-order valence-corrected chi connectivity index (χ3v) is 6.17. The van der Waals surface area contributed by atoms with Crippen molar-refractivity contribution in [2.75, 3.05) is 11.9 Å². The summed E-state index contributed by atoms with van der Waals surface area (Å²) < 4.78 is 49.2. The van der Waals surface area contributed by atoms with Crippen molar-refractivity contribution in [2.45, 2.75) is 11.8 Å². The molecule has 1 amide bonds. The van der Waals surface area contributed by atoms with E-state index >= 15 is 0 Å². The smallest absolute Gasteiger partial charge is 0.339 e. The van der Waals surface area contributed by atoms with Crippen LogP contribution in [0.3, 0.4) is 0 Å². The molecule has 3 aromatic rings. The number of hydrogen-bond acceptors (Lipinski definition) is 6. The molecule has 0 saturated carbocycles. The third-order valence-electron chi connectivity index (χ3n) is 4.41. The first-order chi connectivity index (χ1) is 16.6. The van der Waals surface area contributed by atoms with Gasteiger partial charge in [-0.15, -0.1) is 0 Å². The second-order valence-corrected chi connectivity index (χ2v) is 9.28. The van der Waals surface area contributed by atoms with E-state index in [1.807, 2.05) is 0 Å². The number of benzene rings is 3. The minimum Gasteiger partial charge on any atom is -0.490 e. The number of nitrogens with zero attached hydrogens (tertiary/aromatic N) is 1. The summed E-state index contributed by atoms with van der Waals surface area (Å²) in [5, 5.41) is 12.2. The van der Waals surface area contributed by atoms with Crippen LogP contribution in [0.4, 0.5) is 10.1 Å². The fourth-order valence-corrected chi connectivity index (χ4v) is 4.21. The quantitative estimate of drug-likeness (QED) is 0.221. The van der Waals surface area contributed by atoms with Gasteiger partial charge in [0.05, 0.1) is 11.6 Å². The maximum Gasteiger partial charge on any atom is 0.339 e. The zero-order valence-corrected chi connectivity index (χ0v) is 20.4. The topological polar surface area (TPSA) is 105 Å². The number of halogens is 3. The SMILES string of the molecule is CCOc1cc(/C=C(\C#N)C(=O)Nc2ccc(F)cc2)cc(Cl)c1OS(=O)(=O)c1ccc(Cl)cc1. The van der Waals surface area contributed by atoms with Gasteiger partial charge in [-0.25, -0.2) is 4.39 Å². The van der Waals surface area contributed by atoms with Crippen molar-refractivity contribution >= 4 is 51.0 Å². The second kappa shape index (κ2) is 11.2. The summed E-state index contributed by atoms with van der Waals surface area (Å²) in [6.45, 7) is 1.82. The number of carbonyl (C=O) groups excluding carboxylic acids is 1. The van der Waals surface area contributed by atoms with E-state index in [-0.39, 0.29) is 39.2 Å². The number of ether oxygens (including phenoxy) is 1. The Balaban J connectivity index is 1.93. The summed E-state index contributed by atoms with van der Waals surface area (Å²) in [6.07, 6.45) is 1.24. The first-order valence-corrected chi connectivity index (χ1v) is 12.1. The van der Waals surface area contributed by atoms with Crippen molar-refractivity contribution in [3.8, 4) is 17.6 Å². The molecule has 3 aromatic carbocycles. The summed E-state index contributed by atoms with van der Waals surface area (Å²) in [5.41, 5.74) is 0.289. The van der Waals surface area contributed by atoms with Crippen molar-refractivity contribution in [1.82, 2.24) is 0 Å². The van der Waals surface area contributed by atoms with E-state index in [0.717, 1.165) is 12.1 Å². The van der Waals surface area contributed by atoms with Gasteiger partial charge in [0.1, 0.15) is 22.4 Å². The molecule has 11 heteroatoms. The first-order valence-electron chi connectivity index (χ1n) is 9.98. The molecule has 0 bridgehead atoms. The van der Waals surface area contributed by atoms with Crippen LogP contribution in [0, 0.1) is 17.1 Å². The Bertz CT molecular complexity index is 1420. The van der Waals surface area contributed by atoms with E-state index in [1.165, 1.54) is 54.6 Å². The molecule has 35 heavy (non-hydrogen) atoms. The highest BCUT2D eigenvalue weighted by molar-refractivity contribution is 7.87. The van der Waals surface area contributed by atoms with Crippen LogP contribution in [0.1, 0.15) is 12.5 Å². The maximum atomic E-state index is 13.1. The van der Waals surface area contributed by atoms with Crippen molar-refractivity contribution in [1.29, 1.82) is 5.26 Å². The van der Waals surface area contributed by atoms with Crippen LogP contribution < -0.4 is 14.2 Å². The van der Waals surface area contributed by atoms with E-state index in [1.54, 1.807) is 13.0 Å². The molecule has 0 aliphatic carbocycles. The van der Waals surface area contributed by atoms with Crippen LogP contribution in [0.5, 0.6) is 11.5 Å². The molecule has 0 atom stereocenters. The Kier molecular flexibility index (Phi) is 8.35. The lowest BCUT2D eigenvalue weighted by Gasteiger charge is -2.14. The lowest BCUT2D eigenvalue weighted by atomic mass is 10.1. The minimum absolute atomic E-state index is 0.0139. The molecule has 0 heterocycles. The summed E-state index contributed by atoms with van der Waals surface area (Å²) in [7, 11) is -4.27. The molecule has 0 aromatic heterocycles. The first kappa shape index (κ1) is 26.0. The molecular formula is C24H17Cl2FN2O5S. The molecule has 0 radical (unpaired) electrons. The molecule has 0 fully saturated rings. The Hall–Kier alpha value is -3.58. The second-order valence-electron chi connectivity index (χ2n) is 6.89. The Morgan fingerprint density at radius 3 is 2.37 bits per heavy atom. The predicted molar refractivity (Wildman–Crippen MR) is 131 cm³/mol. The largest absolute Gasteiger partial charge is 0.490 e. The van der Waals surface area contributed by atoms with Gasteiger partial charge in [0.15, 0.2) is 5.75 Å². The standard InChI is InChI=1S/C24H17Cl2FN2O5S/c1-2-33-22-13-15(11-16(14-28)24(30)29-19-7-5-18(27)6-8-19)12-21(26)23(22)34-35(31,32)20-9-3-17(25)4-10-20/h3-13H,2H2,1H3,(H,29,30)/b16-11+. The third kappa shape index (κ3) is 6.73. The Morgan fingerprint density at radius 2 is 1.77 bits per heavy atom. The fraction of sp³-hybridized carbons (Fsp3) is 0.0833. The number of rotatable bonds is 8. The normalized spacial score (nSPS) is 11.5. The molecule has 0 aliphatic rings. The Labute approximate surface area is 211 Å². The van der Waals surface area contributed by atoms with Crippen molar-refractivity contribution < 1.29 is 26.5 Å². The molecular weight excluding hydrogens is 518 g/mol. The van der Waals surface area contributed by atoms with Gasteiger partial charge in [-0.05, 0) is 79.2 Å². The zero-order valence-electron chi connectivity index (χ0n) is 18.1. The molecule has 0 spiro atoms.